The van der Waals surface area contributed by atoms with Crippen LogP contribution in [0.25, 0.3) is 0 Å². The van der Waals surface area contributed by atoms with Crippen LogP contribution < -0.4 is 4.72 Å². The molecule has 0 amide bonds. The lowest BCUT2D eigenvalue weighted by Crippen LogP contribution is -1.91. The van der Waals surface area contributed by atoms with Crippen LogP contribution in [0.3, 0.4) is 0 Å². The zero-order chi connectivity index (χ0) is 7.82. The zero-order valence-corrected chi connectivity index (χ0v) is 7.20. The van der Waals surface area contributed by atoms with E-state index < -0.39 is 0 Å². The first kappa shape index (κ1) is 9.72. The van der Waals surface area contributed by atoms with Crippen molar-refractivity contribution < 1.29 is 4.79 Å². The average molecular weight is 159 g/mol. The number of ketones is 1. The summed E-state index contributed by atoms with van der Waals surface area (Å²) in [6, 6.07) is 0. The molecule has 0 rings (SSSR count). The lowest BCUT2D eigenvalue weighted by Gasteiger charge is -1.89. The Labute approximate surface area is 66.2 Å². The van der Waals surface area contributed by atoms with Crippen molar-refractivity contribution >= 4 is 17.7 Å². The Hall–Kier alpha value is -0.280. The number of Topliss-reactive ketones (excluding diaryl/α,β-unsaturated/α-hetero) is 1. The first-order chi connectivity index (χ1) is 4.77. The third kappa shape index (κ3) is 7.72. The van der Waals surface area contributed by atoms with E-state index in [1.807, 2.05) is 19.2 Å². The third-order valence-electron chi connectivity index (χ3n) is 0.896. The summed E-state index contributed by atoms with van der Waals surface area (Å²) >= 11 is 1.61. The van der Waals surface area contributed by atoms with Gasteiger partial charge in [-0.1, -0.05) is 24.1 Å². The molecule has 2 nitrogen and oxygen atoms in total. The van der Waals surface area contributed by atoms with E-state index in [1.165, 1.54) is 0 Å². The summed E-state index contributed by atoms with van der Waals surface area (Å²) in [5, 5.41) is 0. The van der Waals surface area contributed by atoms with Crippen LogP contribution in [0.1, 0.15) is 13.3 Å². The molecule has 1 N–H and O–H groups in total. The molecular weight excluding hydrogens is 146 g/mol. The van der Waals surface area contributed by atoms with Crippen molar-refractivity contribution in [1.82, 2.24) is 4.72 Å². The van der Waals surface area contributed by atoms with Crippen LogP contribution in [0.15, 0.2) is 12.2 Å². The van der Waals surface area contributed by atoms with Crippen LogP contribution in [0.4, 0.5) is 0 Å². The number of hydrogen-bond acceptors (Lipinski definition) is 3. The van der Waals surface area contributed by atoms with Gasteiger partial charge >= 0.3 is 0 Å². The first-order valence-electron chi connectivity index (χ1n) is 3.20. The highest BCUT2D eigenvalue weighted by atomic mass is 32.2. The molecule has 58 valence electrons. The molecule has 3 heteroatoms. The van der Waals surface area contributed by atoms with E-state index in [9.17, 15) is 4.79 Å². The molecule has 0 unspecified atom stereocenters. The average Bonchev–Trinajstić information content (AvgIpc) is 1.87. The molecule has 0 aromatic heterocycles. The van der Waals surface area contributed by atoms with Gasteiger partial charge < -0.3 is 0 Å². The smallest absolute Gasteiger partial charge is 0.133 e. The highest BCUT2D eigenvalue weighted by Gasteiger charge is 1.84. The summed E-state index contributed by atoms with van der Waals surface area (Å²) in [6.07, 6.45) is 4.44. The highest BCUT2D eigenvalue weighted by Crippen LogP contribution is 1.92. The van der Waals surface area contributed by atoms with Crippen LogP contribution in [0, 0.1) is 0 Å². The first-order valence-corrected chi connectivity index (χ1v) is 4.19. The van der Waals surface area contributed by atoms with Gasteiger partial charge in [-0.3, -0.25) is 9.52 Å². The predicted octanol–water partition coefficient (Wildman–Crippen LogP) is 1.39. The van der Waals surface area contributed by atoms with E-state index in [0.29, 0.717) is 6.42 Å². The molecule has 0 radical (unpaired) electrons. The second-order valence-electron chi connectivity index (χ2n) is 1.89. The summed E-state index contributed by atoms with van der Waals surface area (Å²) < 4.78 is 2.94. The van der Waals surface area contributed by atoms with Crippen LogP contribution in [-0.4, -0.2) is 18.6 Å². The van der Waals surface area contributed by atoms with E-state index in [1.54, 1.807) is 18.9 Å². The van der Waals surface area contributed by atoms with Crippen LogP contribution >= 0.6 is 11.9 Å². The molecule has 0 bridgehead atoms. The lowest BCUT2D eigenvalue weighted by molar-refractivity contribution is -0.116. The highest BCUT2D eigenvalue weighted by molar-refractivity contribution is 7.97. The van der Waals surface area contributed by atoms with E-state index in [4.69, 9.17) is 0 Å². The predicted molar refractivity (Wildman–Crippen MR) is 46.0 cm³/mol. The van der Waals surface area contributed by atoms with Crippen molar-refractivity contribution in [1.29, 1.82) is 0 Å². The van der Waals surface area contributed by atoms with Crippen molar-refractivity contribution in [2.75, 3.05) is 12.8 Å². The lowest BCUT2D eigenvalue weighted by atomic mass is 10.3. The van der Waals surface area contributed by atoms with Crippen molar-refractivity contribution in [3.05, 3.63) is 12.2 Å². The summed E-state index contributed by atoms with van der Waals surface area (Å²) in [4.78, 5) is 10.4. The number of allylic oxidation sites excluding steroid dienone is 1. The van der Waals surface area contributed by atoms with E-state index in [2.05, 4.69) is 4.72 Å². The van der Waals surface area contributed by atoms with Crippen molar-refractivity contribution in [3.63, 3.8) is 0 Å². The van der Waals surface area contributed by atoms with Crippen LogP contribution in [0.5, 0.6) is 0 Å². The van der Waals surface area contributed by atoms with Gasteiger partial charge in [0, 0.05) is 12.2 Å². The Morgan fingerprint density at radius 3 is 2.80 bits per heavy atom. The van der Waals surface area contributed by atoms with Crippen molar-refractivity contribution in [3.8, 4) is 0 Å². The molecule has 0 fully saturated rings. The number of nitrogens with one attached hydrogen (secondary N) is 1. The van der Waals surface area contributed by atoms with E-state index in [0.717, 1.165) is 5.75 Å². The summed E-state index contributed by atoms with van der Waals surface area (Å²) in [7, 11) is 1.88. The molecule has 0 aliphatic carbocycles. The number of hydrogen-bond donors (Lipinski definition) is 1. The quantitative estimate of drug-likeness (QED) is 0.373. The topological polar surface area (TPSA) is 29.1 Å². The standard InChI is InChI=1S/C7H13NOS/c1-7(9)5-3-4-6-10-8-2/h3-4,8H,5-6H2,1-2H3/b4-3+. The fourth-order valence-corrected chi connectivity index (χ4v) is 0.848. The third-order valence-corrected chi connectivity index (χ3v) is 1.54. The number of carbonyl (C=O) groups is 1. The van der Waals surface area contributed by atoms with E-state index >= 15 is 0 Å². The van der Waals surface area contributed by atoms with Crippen molar-refractivity contribution in [2.45, 2.75) is 13.3 Å². The molecule has 0 aliphatic heterocycles. The van der Waals surface area contributed by atoms with Gasteiger partial charge in [-0.25, -0.2) is 0 Å². The van der Waals surface area contributed by atoms with Crippen LogP contribution in [-0.2, 0) is 4.79 Å². The molecular formula is C7H13NOS. The van der Waals surface area contributed by atoms with Gasteiger partial charge in [0.1, 0.15) is 5.78 Å². The minimum atomic E-state index is 0.214. The van der Waals surface area contributed by atoms with Gasteiger partial charge in [0.2, 0.25) is 0 Å². The molecule has 0 aromatic carbocycles. The second-order valence-corrected chi connectivity index (χ2v) is 2.92. The molecule has 0 atom stereocenters. The monoisotopic (exact) mass is 159 g/mol. The van der Waals surface area contributed by atoms with Gasteiger partial charge in [0.25, 0.3) is 0 Å². The van der Waals surface area contributed by atoms with Gasteiger partial charge in [0.05, 0.1) is 0 Å². The minimum Gasteiger partial charge on any atom is -0.300 e. The molecule has 0 heterocycles. The summed E-state index contributed by atoms with van der Waals surface area (Å²) in [6.45, 7) is 1.59. The molecule has 0 saturated carbocycles. The second kappa shape index (κ2) is 6.83. The van der Waals surface area contributed by atoms with E-state index in [-0.39, 0.29) is 5.78 Å². The van der Waals surface area contributed by atoms with Gasteiger partial charge in [0.15, 0.2) is 0 Å². The maximum atomic E-state index is 10.4. The Morgan fingerprint density at radius 1 is 1.60 bits per heavy atom. The molecule has 0 saturated heterocycles. The van der Waals surface area contributed by atoms with Gasteiger partial charge in [-0.15, -0.1) is 0 Å². The Bertz CT molecular complexity index is 123. The largest absolute Gasteiger partial charge is 0.300 e. The summed E-state index contributed by atoms with van der Waals surface area (Å²) in [5.41, 5.74) is 0. The van der Waals surface area contributed by atoms with Crippen molar-refractivity contribution in [2.24, 2.45) is 0 Å². The molecule has 10 heavy (non-hydrogen) atoms. The number of rotatable bonds is 5. The zero-order valence-electron chi connectivity index (χ0n) is 6.39. The molecule has 0 spiro atoms. The Kier molecular flexibility index (Phi) is 6.64. The van der Waals surface area contributed by atoms with Gasteiger partial charge in [-0.2, -0.15) is 0 Å². The van der Waals surface area contributed by atoms with Crippen LogP contribution in [0.2, 0.25) is 0 Å². The number of carbonyl (C=O) groups excluding carboxylic acids is 1. The normalized spacial score (nSPS) is 10.6. The summed E-state index contributed by atoms with van der Waals surface area (Å²) in [5.74, 6) is 1.13. The molecule has 0 aliphatic rings. The maximum Gasteiger partial charge on any atom is 0.133 e. The molecule has 0 aromatic rings. The minimum absolute atomic E-state index is 0.214. The maximum absolute atomic E-state index is 10.4. The SMILES string of the molecule is CNSC/C=C/CC(C)=O. The Balaban J connectivity index is 3.12. The fraction of sp³-hybridized carbons (Fsp3) is 0.571. The Morgan fingerprint density at radius 2 is 2.30 bits per heavy atom. The fourth-order valence-electron chi connectivity index (χ4n) is 0.449. The van der Waals surface area contributed by atoms with Gasteiger partial charge in [-0.05, 0) is 14.0 Å².